The molecule has 0 aliphatic carbocycles. The molecule has 1 unspecified atom stereocenters. The van der Waals surface area contributed by atoms with Crippen LogP contribution in [0.5, 0.6) is 0 Å². The number of anilines is 1. The summed E-state index contributed by atoms with van der Waals surface area (Å²) in [6.45, 7) is 4.27. The fourth-order valence-electron chi connectivity index (χ4n) is 2.06. The smallest absolute Gasteiger partial charge is 0.143 e. The molecule has 0 aromatic heterocycles. The van der Waals surface area contributed by atoms with E-state index in [1.165, 1.54) is 11.6 Å². The van der Waals surface area contributed by atoms with Gasteiger partial charge >= 0.3 is 0 Å². The lowest BCUT2D eigenvalue weighted by molar-refractivity contribution is 0.545. The average Bonchev–Trinajstić information content (AvgIpc) is 2.40. The third-order valence-corrected chi connectivity index (χ3v) is 3.37. The summed E-state index contributed by atoms with van der Waals surface area (Å²) < 4.78 is 13.5. The van der Waals surface area contributed by atoms with Gasteiger partial charge in [-0.15, -0.1) is 0 Å². The SMILES string of the molecule is CC(C)C(Nc1ccc(Cl)c(F)c1)c1ccccc1. The van der Waals surface area contributed by atoms with Gasteiger partial charge < -0.3 is 5.32 Å². The number of hydrogen-bond donors (Lipinski definition) is 1. The maximum absolute atomic E-state index is 13.5. The molecule has 0 radical (unpaired) electrons. The highest BCUT2D eigenvalue weighted by molar-refractivity contribution is 6.30. The molecule has 0 spiro atoms. The lowest BCUT2D eigenvalue weighted by Gasteiger charge is -2.24. The van der Waals surface area contributed by atoms with E-state index in [1.54, 1.807) is 12.1 Å². The summed E-state index contributed by atoms with van der Waals surface area (Å²) in [6.07, 6.45) is 0. The summed E-state index contributed by atoms with van der Waals surface area (Å²) in [5.74, 6) is -0.0108. The molecule has 19 heavy (non-hydrogen) atoms. The van der Waals surface area contributed by atoms with Gasteiger partial charge in [-0.25, -0.2) is 4.39 Å². The van der Waals surface area contributed by atoms with Gasteiger partial charge in [0.1, 0.15) is 5.82 Å². The van der Waals surface area contributed by atoms with E-state index in [0.717, 1.165) is 5.69 Å². The minimum Gasteiger partial charge on any atom is -0.378 e. The van der Waals surface area contributed by atoms with E-state index in [4.69, 9.17) is 11.6 Å². The van der Waals surface area contributed by atoms with Crippen molar-refractivity contribution in [2.45, 2.75) is 19.9 Å². The monoisotopic (exact) mass is 277 g/mol. The molecule has 2 aromatic rings. The zero-order chi connectivity index (χ0) is 13.8. The molecule has 100 valence electrons. The summed E-state index contributed by atoms with van der Waals surface area (Å²) in [5.41, 5.74) is 1.93. The van der Waals surface area contributed by atoms with Crippen molar-refractivity contribution in [1.29, 1.82) is 0 Å². The quantitative estimate of drug-likeness (QED) is 0.801. The first-order valence-electron chi connectivity index (χ1n) is 6.34. The van der Waals surface area contributed by atoms with Gasteiger partial charge in [-0.3, -0.25) is 0 Å². The van der Waals surface area contributed by atoms with E-state index in [-0.39, 0.29) is 11.1 Å². The summed E-state index contributed by atoms with van der Waals surface area (Å²) in [5, 5.41) is 3.51. The second-order valence-electron chi connectivity index (χ2n) is 4.91. The number of halogens is 2. The van der Waals surface area contributed by atoms with Crippen molar-refractivity contribution in [1.82, 2.24) is 0 Å². The van der Waals surface area contributed by atoms with Gasteiger partial charge in [-0.05, 0) is 29.7 Å². The van der Waals surface area contributed by atoms with Crippen molar-refractivity contribution in [3.63, 3.8) is 0 Å². The summed E-state index contributed by atoms with van der Waals surface area (Å²) >= 11 is 5.69. The fourth-order valence-corrected chi connectivity index (χ4v) is 2.18. The van der Waals surface area contributed by atoms with Gasteiger partial charge in [0.2, 0.25) is 0 Å². The van der Waals surface area contributed by atoms with Crippen LogP contribution in [-0.2, 0) is 0 Å². The molecule has 0 aliphatic rings. The summed E-state index contributed by atoms with van der Waals surface area (Å²) in [7, 11) is 0. The van der Waals surface area contributed by atoms with E-state index >= 15 is 0 Å². The lowest BCUT2D eigenvalue weighted by Crippen LogP contribution is -2.16. The number of benzene rings is 2. The van der Waals surface area contributed by atoms with Gasteiger partial charge in [0.05, 0.1) is 11.1 Å². The standard InChI is InChI=1S/C16H17ClFN/c1-11(2)16(12-6-4-3-5-7-12)19-13-8-9-14(17)15(18)10-13/h3-11,16,19H,1-2H3. The minimum atomic E-state index is -0.401. The molecule has 1 atom stereocenters. The van der Waals surface area contributed by atoms with Crippen LogP contribution in [-0.4, -0.2) is 0 Å². The van der Waals surface area contributed by atoms with Crippen LogP contribution in [0.25, 0.3) is 0 Å². The van der Waals surface area contributed by atoms with Gasteiger partial charge in [0, 0.05) is 5.69 Å². The molecule has 0 amide bonds. The lowest BCUT2D eigenvalue weighted by atomic mass is 9.96. The Balaban J connectivity index is 2.24. The second kappa shape index (κ2) is 6.07. The predicted molar refractivity (Wildman–Crippen MR) is 79.1 cm³/mol. The Labute approximate surface area is 118 Å². The number of hydrogen-bond acceptors (Lipinski definition) is 1. The van der Waals surface area contributed by atoms with Crippen LogP contribution in [0.4, 0.5) is 10.1 Å². The number of nitrogens with one attached hydrogen (secondary N) is 1. The van der Waals surface area contributed by atoms with Crippen LogP contribution in [0.2, 0.25) is 5.02 Å². The van der Waals surface area contributed by atoms with Gasteiger partial charge in [0.15, 0.2) is 0 Å². The van der Waals surface area contributed by atoms with E-state index in [2.05, 4.69) is 31.3 Å². The highest BCUT2D eigenvalue weighted by atomic mass is 35.5. The first kappa shape index (κ1) is 13.9. The van der Waals surface area contributed by atoms with Crippen molar-refractivity contribution in [3.05, 3.63) is 64.9 Å². The average molecular weight is 278 g/mol. The first-order chi connectivity index (χ1) is 9.08. The first-order valence-corrected chi connectivity index (χ1v) is 6.72. The molecule has 0 aliphatic heterocycles. The van der Waals surface area contributed by atoms with Crippen molar-refractivity contribution in [2.75, 3.05) is 5.32 Å². The van der Waals surface area contributed by atoms with E-state index in [1.807, 2.05) is 18.2 Å². The van der Waals surface area contributed by atoms with E-state index in [9.17, 15) is 4.39 Å². The minimum absolute atomic E-state index is 0.141. The second-order valence-corrected chi connectivity index (χ2v) is 5.31. The largest absolute Gasteiger partial charge is 0.378 e. The number of rotatable bonds is 4. The molecule has 3 heteroatoms. The van der Waals surface area contributed by atoms with Gasteiger partial charge in [-0.2, -0.15) is 0 Å². The van der Waals surface area contributed by atoms with Crippen molar-refractivity contribution in [3.8, 4) is 0 Å². The third kappa shape index (κ3) is 3.48. The molecule has 0 saturated heterocycles. The Bertz CT molecular complexity index is 540. The van der Waals surface area contributed by atoms with Crippen LogP contribution < -0.4 is 5.32 Å². The Morgan fingerprint density at radius 1 is 1.05 bits per heavy atom. The van der Waals surface area contributed by atoms with Gasteiger partial charge in [0.25, 0.3) is 0 Å². The highest BCUT2D eigenvalue weighted by Gasteiger charge is 2.15. The maximum Gasteiger partial charge on any atom is 0.143 e. The van der Waals surface area contributed by atoms with Crippen molar-refractivity contribution < 1.29 is 4.39 Å². The van der Waals surface area contributed by atoms with Crippen LogP contribution in [0.1, 0.15) is 25.5 Å². The van der Waals surface area contributed by atoms with E-state index in [0.29, 0.717) is 5.92 Å². The normalized spacial score (nSPS) is 12.5. The van der Waals surface area contributed by atoms with E-state index < -0.39 is 5.82 Å². The Morgan fingerprint density at radius 3 is 2.32 bits per heavy atom. The molecule has 0 heterocycles. The Morgan fingerprint density at radius 2 is 1.74 bits per heavy atom. The third-order valence-electron chi connectivity index (χ3n) is 3.07. The Kier molecular flexibility index (Phi) is 4.43. The van der Waals surface area contributed by atoms with Crippen molar-refractivity contribution in [2.24, 2.45) is 5.92 Å². The molecule has 2 rings (SSSR count). The van der Waals surface area contributed by atoms with Crippen LogP contribution in [0, 0.1) is 11.7 Å². The zero-order valence-electron chi connectivity index (χ0n) is 11.0. The fraction of sp³-hybridized carbons (Fsp3) is 0.250. The molecule has 1 nitrogen and oxygen atoms in total. The molecular weight excluding hydrogens is 261 g/mol. The maximum atomic E-state index is 13.5. The molecule has 0 fully saturated rings. The topological polar surface area (TPSA) is 12.0 Å². The molecule has 0 bridgehead atoms. The van der Waals surface area contributed by atoms with Gasteiger partial charge in [-0.1, -0.05) is 55.8 Å². The zero-order valence-corrected chi connectivity index (χ0v) is 11.8. The van der Waals surface area contributed by atoms with Crippen LogP contribution in [0.15, 0.2) is 48.5 Å². The van der Waals surface area contributed by atoms with Crippen molar-refractivity contribution >= 4 is 17.3 Å². The molecule has 2 aromatic carbocycles. The molecule has 0 saturated carbocycles. The van der Waals surface area contributed by atoms with Crippen LogP contribution >= 0.6 is 11.6 Å². The Hall–Kier alpha value is -1.54. The summed E-state index contributed by atoms with van der Waals surface area (Å²) in [4.78, 5) is 0. The predicted octanol–water partition coefficient (Wildman–Crippen LogP) is 5.29. The molecular formula is C16H17ClFN. The highest BCUT2D eigenvalue weighted by Crippen LogP contribution is 2.28. The molecule has 1 N–H and O–H groups in total. The van der Waals surface area contributed by atoms with Crippen LogP contribution in [0.3, 0.4) is 0 Å². The summed E-state index contributed by atoms with van der Waals surface area (Å²) in [6, 6.07) is 15.1.